The van der Waals surface area contributed by atoms with Gasteiger partial charge < -0.3 is 9.84 Å². The van der Waals surface area contributed by atoms with Gasteiger partial charge >= 0.3 is 0 Å². The minimum atomic E-state index is -4.12. The van der Waals surface area contributed by atoms with Crippen molar-refractivity contribution >= 4 is 50.2 Å². The van der Waals surface area contributed by atoms with Crippen LogP contribution in [0.3, 0.4) is 0 Å². The summed E-state index contributed by atoms with van der Waals surface area (Å²) < 4.78 is 32.9. The Labute approximate surface area is 213 Å². The van der Waals surface area contributed by atoms with Gasteiger partial charge in [-0.15, -0.1) is 0 Å². The largest absolute Gasteiger partial charge is 0.507 e. The quantitative estimate of drug-likeness (QED) is 0.260. The van der Waals surface area contributed by atoms with Crippen LogP contribution in [0.5, 0.6) is 11.5 Å². The Kier molecular flexibility index (Phi) is 7.42. The first kappa shape index (κ1) is 25.0. The number of hydrogen-bond donors (Lipinski definition) is 2. The number of methoxy groups -OCH3 is 1. The molecule has 2 N–H and O–H groups in total. The smallest absolute Gasteiger partial charge is 0.264 e. The van der Waals surface area contributed by atoms with Crippen molar-refractivity contribution in [3.63, 3.8) is 0 Å². The predicted molar refractivity (Wildman–Crippen MR) is 140 cm³/mol. The van der Waals surface area contributed by atoms with E-state index in [0.29, 0.717) is 11.3 Å². The Morgan fingerprint density at radius 1 is 1.06 bits per heavy atom. The first-order valence-electron chi connectivity index (χ1n) is 10.7. The van der Waals surface area contributed by atoms with Gasteiger partial charge in [-0.05, 0) is 47.2 Å². The van der Waals surface area contributed by atoms with Crippen molar-refractivity contribution in [3.8, 4) is 11.5 Å². The number of phenolic OH excluding ortho intramolecular Hbond substituents is 1. The molecule has 8 nitrogen and oxygen atoms in total. The van der Waals surface area contributed by atoms with Crippen LogP contribution in [0.1, 0.15) is 5.56 Å². The number of fused-ring (bicyclic) bond motifs is 1. The maximum Gasteiger partial charge on any atom is 0.264 e. The summed E-state index contributed by atoms with van der Waals surface area (Å²) in [4.78, 5) is 12.8. The maximum absolute atomic E-state index is 13.4. The lowest BCUT2D eigenvalue weighted by Gasteiger charge is -2.24. The van der Waals surface area contributed by atoms with E-state index in [1.54, 1.807) is 24.3 Å². The number of halogens is 1. The first-order valence-corrected chi connectivity index (χ1v) is 12.6. The van der Waals surface area contributed by atoms with Crippen LogP contribution < -0.4 is 14.5 Å². The molecule has 0 atom stereocenters. The molecule has 4 aromatic carbocycles. The summed E-state index contributed by atoms with van der Waals surface area (Å²) in [6, 6.07) is 22.9. The summed E-state index contributed by atoms with van der Waals surface area (Å²) >= 11 is 6.23. The van der Waals surface area contributed by atoms with Gasteiger partial charge in [0, 0.05) is 5.56 Å². The fourth-order valence-corrected chi connectivity index (χ4v) is 5.29. The van der Waals surface area contributed by atoms with E-state index in [1.807, 2.05) is 24.3 Å². The zero-order valence-electron chi connectivity index (χ0n) is 19.1. The van der Waals surface area contributed by atoms with Crippen LogP contribution in [0.4, 0.5) is 5.69 Å². The molecule has 4 aromatic rings. The third-order valence-corrected chi connectivity index (χ3v) is 7.46. The van der Waals surface area contributed by atoms with E-state index in [0.717, 1.165) is 15.1 Å². The monoisotopic (exact) mass is 523 g/mol. The molecule has 0 fully saturated rings. The zero-order chi connectivity index (χ0) is 25.7. The second-order valence-electron chi connectivity index (χ2n) is 7.66. The van der Waals surface area contributed by atoms with Gasteiger partial charge in [0.05, 0.1) is 28.9 Å². The molecule has 0 heterocycles. The number of aromatic hydroxyl groups is 1. The number of nitrogens with one attached hydrogen (secondary N) is 1. The van der Waals surface area contributed by atoms with Crippen LogP contribution in [-0.4, -0.2) is 39.3 Å². The molecule has 184 valence electrons. The van der Waals surface area contributed by atoms with E-state index in [2.05, 4.69) is 10.5 Å². The van der Waals surface area contributed by atoms with E-state index in [4.69, 9.17) is 16.3 Å². The fraction of sp³-hybridized carbons (Fsp3) is 0.0769. The summed E-state index contributed by atoms with van der Waals surface area (Å²) in [5, 5.41) is 16.0. The van der Waals surface area contributed by atoms with Gasteiger partial charge in [-0.2, -0.15) is 5.10 Å². The van der Waals surface area contributed by atoms with E-state index in [-0.39, 0.29) is 21.4 Å². The Balaban J connectivity index is 1.61. The number of rotatable bonds is 8. The van der Waals surface area contributed by atoms with Gasteiger partial charge in [0.25, 0.3) is 15.9 Å². The van der Waals surface area contributed by atoms with Crippen LogP contribution in [-0.2, 0) is 14.8 Å². The van der Waals surface area contributed by atoms with Crippen LogP contribution >= 0.6 is 11.6 Å². The number of sulfonamides is 1. The lowest BCUT2D eigenvalue weighted by atomic mass is 10.0. The third-order valence-electron chi connectivity index (χ3n) is 5.37. The number of amides is 1. The van der Waals surface area contributed by atoms with Gasteiger partial charge in [-0.25, -0.2) is 13.8 Å². The van der Waals surface area contributed by atoms with Gasteiger partial charge in [-0.3, -0.25) is 9.10 Å². The lowest BCUT2D eigenvalue weighted by molar-refractivity contribution is -0.119. The predicted octanol–water partition coefficient (Wildman–Crippen LogP) is 4.55. The molecule has 0 spiro atoms. The average Bonchev–Trinajstić information content (AvgIpc) is 2.89. The normalized spacial score (nSPS) is 11.5. The molecule has 1 amide bonds. The second-order valence-corrected chi connectivity index (χ2v) is 9.93. The Morgan fingerprint density at radius 2 is 1.78 bits per heavy atom. The van der Waals surface area contributed by atoms with E-state index < -0.39 is 22.5 Å². The minimum absolute atomic E-state index is 0.00662. The molecule has 0 aromatic heterocycles. The molecular weight excluding hydrogens is 502 g/mol. The van der Waals surface area contributed by atoms with Crippen molar-refractivity contribution in [2.45, 2.75) is 4.90 Å². The highest BCUT2D eigenvalue weighted by Crippen LogP contribution is 2.32. The average molecular weight is 524 g/mol. The molecule has 0 aliphatic carbocycles. The number of anilines is 1. The highest BCUT2D eigenvalue weighted by atomic mass is 35.5. The summed E-state index contributed by atoms with van der Waals surface area (Å²) in [6.07, 6.45) is 1.32. The second kappa shape index (κ2) is 10.7. The molecule has 0 aliphatic rings. The third kappa shape index (κ3) is 5.27. The molecule has 0 bridgehead atoms. The topological polar surface area (TPSA) is 108 Å². The highest BCUT2D eigenvalue weighted by Gasteiger charge is 2.27. The van der Waals surface area contributed by atoms with Gasteiger partial charge in [0.15, 0.2) is 0 Å². The molecule has 0 saturated heterocycles. The Morgan fingerprint density at radius 3 is 2.50 bits per heavy atom. The number of ether oxygens (including phenoxy) is 1. The van der Waals surface area contributed by atoms with Crippen molar-refractivity contribution in [2.75, 3.05) is 18.0 Å². The van der Waals surface area contributed by atoms with E-state index in [1.165, 1.54) is 49.7 Å². The number of benzene rings is 4. The Bertz CT molecular complexity index is 1540. The molecular formula is C26H22ClN3O5S. The highest BCUT2D eigenvalue weighted by molar-refractivity contribution is 7.92. The molecule has 4 rings (SSSR count). The number of carbonyl (C=O) groups is 1. The number of hydrogen-bond acceptors (Lipinski definition) is 6. The van der Waals surface area contributed by atoms with Crippen molar-refractivity contribution in [1.82, 2.24) is 5.43 Å². The van der Waals surface area contributed by atoms with Gasteiger partial charge in [0.2, 0.25) is 0 Å². The number of hydrazone groups is 1. The summed E-state index contributed by atoms with van der Waals surface area (Å²) in [5.74, 6) is -0.341. The number of nitrogens with zero attached hydrogens (tertiary/aromatic N) is 2. The molecule has 36 heavy (non-hydrogen) atoms. The van der Waals surface area contributed by atoms with E-state index >= 15 is 0 Å². The summed E-state index contributed by atoms with van der Waals surface area (Å²) in [7, 11) is -2.67. The molecule has 10 heteroatoms. The molecule has 0 radical (unpaired) electrons. The van der Waals surface area contributed by atoms with Crippen LogP contribution in [0.15, 0.2) is 94.9 Å². The minimum Gasteiger partial charge on any atom is -0.507 e. The van der Waals surface area contributed by atoms with Crippen molar-refractivity contribution in [3.05, 3.63) is 95.5 Å². The van der Waals surface area contributed by atoms with Crippen molar-refractivity contribution in [1.29, 1.82) is 0 Å². The van der Waals surface area contributed by atoms with Gasteiger partial charge in [0.1, 0.15) is 18.0 Å². The summed E-state index contributed by atoms with van der Waals surface area (Å²) in [6.45, 7) is -0.571. The van der Waals surface area contributed by atoms with Gasteiger partial charge in [-0.1, -0.05) is 60.1 Å². The zero-order valence-corrected chi connectivity index (χ0v) is 20.7. The van der Waals surface area contributed by atoms with Crippen LogP contribution in [0.2, 0.25) is 5.02 Å². The van der Waals surface area contributed by atoms with Crippen molar-refractivity contribution < 1.29 is 23.1 Å². The first-order chi connectivity index (χ1) is 17.3. The van der Waals surface area contributed by atoms with Crippen LogP contribution in [0.25, 0.3) is 10.8 Å². The van der Waals surface area contributed by atoms with Crippen LogP contribution in [0, 0.1) is 0 Å². The maximum atomic E-state index is 13.4. The SMILES string of the molecule is COc1ccc(N(CC(=O)N/N=C\c2c(O)ccc3ccccc23)S(=O)(=O)c2ccccc2)cc1Cl. The lowest BCUT2D eigenvalue weighted by Crippen LogP contribution is -2.39. The standard InChI is InChI=1S/C26H22ClN3O5S/c1-35-25-14-12-19(15-23(25)27)30(36(33,34)20-8-3-2-4-9-20)17-26(32)29-28-16-22-21-10-6-5-7-18(21)11-13-24(22)31/h2-16,31H,17H2,1H3,(H,29,32)/b28-16-. The number of phenols is 1. The fourth-order valence-electron chi connectivity index (χ4n) is 3.60. The van der Waals surface area contributed by atoms with Crippen molar-refractivity contribution in [2.24, 2.45) is 5.10 Å². The molecule has 0 saturated carbocycles. The van der Waals surface area contributed by atoms with E-state index in [9.17, 15) is 18.3 Å². The number of carbonyl (C=O) groups excluding carboxylic acids is 1. The Hall–Kier alpha value is -4.08. The summed E-state index contributed by atoms with van der Waals surface area (Å²) in [5.41, 5.74) is 2.94. The molecule has 0 unspecified atom stereocenters. The molecule has 0 aliphatic heterocycles.